The van der Waals surface area contributed by atoms with Crippen LogP contribution in [0.15, 0.2) is 28.8 Å². The van der Waals surface area contributed by atoms with E-state index in [0.717, 1.165) is 37.2 Å². The van der Waals surface area contributed by atoms with Gasteiger partial charge in [0.25, 0.3) is 0 Å². The maximum Gasteiger partial charge on any atom is 0.316 e. The van der Waals surface area contributed by atoms with Crippen LogP contribution in [0.25, 0.3) is 11.4 Å². The zero-order valence-electron chi connectivity index (χ0n) is 12.2. The molecule has 1 aromatic carbocycles. The predicted molar refractivity (Wildman–Crippen MR) is 79.2 cm³/mol. The molecule has 1 fully saturated rings. The second kappa shape index (κ2) is 5.55. The zero-order chi connectivity index (χ0) is 14.8. The molecule has 0 spiro atoms. The van der Waals surface area contributed by atoms with Gasteiger partial charge >= 0.3 is 11.8 Å². The number of hydrogen-bond acceptors (Lipinski definition) is 5. The van der Waals surface area contributed by atoms with Gasteiger partial charge in [-0.25, -0.2) is 0 Å². The number of hydrogen-bond donors (Lipinski definition) is 0. The average molecular weight is 286 g/mol. The van der Waals surface area contributed by atoms with Crippen LogP contribution in [0.3, 0.4) is 0 Å². The first-order valence-corrected chi connectivity index (χ1v) is 7.06. The Hall–Kier alpha value is -2.37. The highest BCUT2D eigenvalue weighted by molar-refractivity contribution is 5.90. The summed E-state index contributed by atoms with van der Waals surface area (Å²) in [6, 6.07) is 7.80. The third-order valence-corrected chi connectivity index (χ3v) is 3.64. The molecule has 1 saturated heterocycles. The lowest BCUT2D eigenvalue weighted by atomic mass is 10.2. The molecule has 3 rings (SSSR count). The Balaban J connectivity index is 1.79. The van der Waals surface area contributed by atoms with E-state index in [1.807, 2.05) is 43.3 Å². The van der Waals surface area contributed by atoms with Gasteiger partial charge in [-0.1, -0.05) is 5.16 Å². The van der Waals surface area contributed by atoms with Crippen LogP contribution in [0.2, 0.25) is 0 Å². The van der Waals surface area contributed by atoms with Crippen LogP contribution in [0, 0.1) is 0 Å². The lowest BCUT2D eigenvalue weighted by Gasteiger charge is -2.11. The summed E-state index contributed by atoms with van der Waals surface area (Å²) in [5.74, 6) is 0.350. The van der Waals surface area contributed by atoms with Crippen molar-refractivity contribution in [3.8, 4) is 11.4 Å². The van der Waals surface area contributed by atoms with Gasteiger partial charge < -0.3 is 14.3 Å². The Morgan fingerprint density at radius 2 is 1.86 bits per heavy atom. The fourth-order valence-corrected chi connectivity index (χ4v) is 2.39. The Bertz CT molecular complexity index is 627. The summed E-state index contributed by atoms with van der Waals surface area (Å²) in [6.07, 6.45) is 2.08. The highest BCUT2D eigenvalue weighted by Gasteiger charge is 2.24. The van der Waals surface area contributed by atoms with Crippen molar-refractivity contribution in [2.45, 2.75) is 12.8 Å². The molecule has 0 radical (unpaired) electrons. The molecular weight excluding hydrogens is 268 g/mol. The number of amides is 1. The monoisotopic (exact) mass is 286 g/mol. The van der Waals surface area contributed by atoms with E-state index in [-0.39, 0.29) is 11.8 Å². The van der Waals surface area contributed by atoms with Crippen molar-refractivity contribution < 1.29 is 9.32 Å². The summed E-state index contributed by atoms with van der Waals surface area (Å²) < 4.78 is 5.11. The van der Waals surface area contributed by atoms with Crippen LogP contribution in [-0.4, -0.2) is 48.1 Å². The van der Waals surface area contributed by atoms with Gasteiger partial charge in [0.2, 0.25) is 5.82 Å². The molecule has 2 heterocycles. The maximum absolute atomic E-state index is 12.2. The van der Waals surface area contributed by atoms with Crippen molar-refractivity contribution >= 4 is 11.6 Å². The van der Waals surface area contributed by atoms with Crippen LogP contribution < -0.4 is 4.90 Å². The third kappa shape index (κ3) is 2.74. The Morgan fingerprint density at radius 3 is 2.48 bits per heavy atom. The quantitative estimate of drug-likeness (QED) is 0.864. The molecule has 0 aliphatic carbocycles. The molecule has 0 bridgehead atoms. The maximum atomic E-state index is 12.2. The largest absolute Gasteiger partial charge is 0.378 e. The molecule has 2 aromatic rings. The van der Waals surface area contributed by atoms with Crippen molar-refractivity contribution in [3.05, 3.63) is 30.2 Å². The lowest BCUT2D eigenvalue weighted by Crippen LogP contribution is -2.27. The van der Waals surface area contributed by atoms with Gasteiger partial charge in [-0.2, -0.15) is 4.98 Å². The normalized spacial score (nSPS) is 14.5. The molecule has 1 aromatic heterocycles. The van der Waals surface area contributed by atoms with Crippen molar-refractivity contribution in [2.75, 3.05) is 32.1 Å². The van der Waals surface area contributed by atoms with Crippen LogP contribution in [0.5, 0.6) is 0 Å². The second-order valence-electron chi connectivity index (χ2n) is 5.36. The van der Waals surface area contributed by atoms with Gasteiger partial charge in [0.05, 0.1) is 0 Å². The van der Waals surface area contributed by atoms with E-state index >= 15 is 0 Å². The lowest BCUT2D eigenvalue weighted by molar-refractivity contribution is 0.0743. The highest BCUT2D eigenvalue weighted by Crippen LogP contribution is 2.21. The fourth-order valence-electron chi connectivity index (χ4n) is 2.39. The van der Waals surface area contributed by atoms with E-state index in [2.05, 4.69) is 10.1 Å². The van der Waals surface area contributed by atoms with Gasteiger partial charge in [-0.3, -0.25) is 4.79 Å². The van der Waals surface area contributed by atoms with E-state index in [4.69, 9.17) is 4.52 Å². The second-order valence-corrected chi connectivity index (χ2v) is 5.36. The summed E-state index contributed by atoms with van der Waals surface area (Å²) in [5, 5.41) is 3.91. The van der Waals surface area contributed by atoms with Crippen LogP contribution in [0.1, 0.15) is 23.5 Å². The number of carbonyl (C=O) groups is 1. The SMILES string of the molecule is CN(C)c1ccc(-c2noc(C(=O)N3CCCC3)n2)cc1. The third-order valence-electron chi connectivity index (χ3n) is 3.64. The van der Waals surface area contributed by atoms with Gasteiger partial charge in [-0.05, 0) is 37.1 Å². The number of anilines is 1. The summed E-state index contributed by atoms with van der Waals surface area (Å²) >= 11 is 0. The Morgan fingerprint density at radius 1 is 1.19 bits per heavy atom. The minimum atomic E-state index is -0.170. The van der Waals surface area contributed by atoms with Crippen LogP contribution in [-0.2, 0) is 0 Å². The van der Waals surface area contributed by atoms with Crippen LogP contribution >= 0.6 is 0 Å². The first-order valence-electron chi connectivity index (χ1n) is 7.06. The van der Waals surface area contributed by atoms with Gasteiger partial charge in [-0.15, -0.1) is 0 Å². The molecule has 0 atom stereocenters. The van der Waals surface area contributed by atoms with Gasteiger partial charge in [0, 0.05) is 38.4 Å². The summed E-state index contributed by atoms with van der Waals surface area (Å²) in [6.45, 7) is 1.54. The van der Waals surface area contributed by atoms with Crippen molar-refractivity contribution in [2.24, 2.45) is 0 Å². The van der Waals surface area contributed by atoms with Crippen molar-refractivity contribution in [1.82, 2.24) is 15.0 Å². The first kappa shape index (κ1) is 13.6. The molecule has 21 heavy (non-hydrogen) atoms. The van der Waals surface area contributed by atoms with Crippen molar-refractivity contribution in [3.63, 3.8) is 0 Å². The number of rotatable bonds is 3. The standard InChI is InChI=1S/C15H18N4O2/c1-18(2)12-7-5-11(6-8-12)13-16-14(21-17-13)15(20)19-9-3-4-10-19/h5-8H,3-4,9-10H2,1-2H3. The van der Waals surface area contributed by atoms with E-state index in [1.165, 1.54) is 0 Å². The predicted octanol–water partition coefficient (Wildman–Crippen LogP) is 2.04. The summed E-state index contributed by atoms with van der Waals surface area (Å²) in [4.78, 5) is 20.1. The minimum Gasteiger partial charge on any atom is -0.378 e. The Labute approximate surface area is 123 Å². The van der Waals surface area contributed by atoms with Crippen LogP contribution in [0.4, 0.5) is 5.69 Å². The molecule has 0 unspecified atom stereocenters. The van der Waals surface area contributed by atoms with E-state index in [0.29, 0.717) is 5.82 Å². The van der Waals surface area contributed by atoms with Gasteiger partial charge in [0.15, 0.2) is 0 Å². The minimum absolute atomic E-state index is 0.0728. The first-order chi connectivity index (χ1) is 10.1. The molecule has 0 saturated carbocycles. The van der Waals surface area contributed by atoms with Crippen molar-refractivity contribution in [1.29, 1.82) is 0 Å². The zero-order valence-corrected chi connectivity index (χ0v) is 12.2. The highest BCUT2D eigenvalue weighted by atomic mass is 16.5. The average Bonchev–Trinajstić information content (AvgIpc) is 3.18. The smallest absolute Gasteiger partial charge is 0.316 e. The molecule has 6 nitrogen and oxygen atoms in total. The van der Waals surface area contributed by atoms with Gasteiger partial charge in [0.1, 0.15) is 0 Å². The van der Waals surface area contributed by atoms with E-state index < -0.39 is 0 Å². The number of benzene rings is 1. The van der Waals surface area contributed by atoms with E-state index in [1.54, 1.807) is 4.90 Å². The molecule has 6 heteroatoms. The molecule has 1 amide bonds. The molecule has 110 valence electrons. The fraction of sp³-hybridized carbons (Fsp3) is 0.400. The molecule has 0 N–H and O–H groups in total. The van der Waals surface area contributed by atoms with E-state index in [9.17, 15) is 4.79 Å². The Kier molecular flexibility index (Phi) is 3.60. The number of nitrogens with zero attached hydrogens (tertiary/aromatic N) is 4. The number of likely N-dealkylation sites (tertiary alicyclic amines) is 1. The molecule has 1 aliphatic heterocycles. The molecule has 1 aliphatic rings. The summed E-state index contributed by atoms with van der Waals surface area (Å²) in [7, 11) is 3.96. The topological polar surface area (TPSA) is 62.5 Å². The number of aromatic nitrogens is 2. The number of carbonyl (C=O) groups excluding carboxylic acids is 1. The summed E-state index contributed by atoms with van der Waals surface area (Å²) in [5.41, 5.74) is 1.93. The molecular formula is C15H18N4O2.